The summed E-state index contributed by atoms with van der Waals surface area (Å²) in [6.07, 6.45) is 14.0. The van der Waals surface area contributed by atoms with Gasteiger partial charge in [-0.1, -0.05) is 37.8 Å². The van der Waals surface area contributed by atoms with Gasteiger partial charge < -0.3 is 4.52 Å². The van der Waals surface area contributed by atoms with Crippen molar-refractivity contribution in [2.24, 2.45) is 5.92 Å². The van der Waals surface area contributed by atoms with Crippen LogP contribution in [0.25, 0.3) is 11.5 Å². The summed E-state index contributed by atoms with van der Waals surface area (Å²) in [5, 5.41) is 4.21. The summed E-state index contributed by atoms with van der Waals surface area (Å²) in [4.78, 5) is 8.62. The van der Waals surface area contributed by atoms with Gasteiger partial charge in [-0.05, 0) is 43.7 Å². The van der Waals surface area contributed by atoms with Gasteiger partial charge in [0, 0.05) is 23.9 Å². The second kappa shape index (κ2) is 7.52. The maximum absolute atomic E-state index is 5.42. The predicted molar refractivity (Wildman–Crippen MR) is 86.4 cm³/mol. The molecule has 0 bridgehead atoms. The number of hydrogen-bond donors (Lipinski definition) is 0. The molecule has 0 N–H and O–H groups in total. The molecule has 4 nitrogen and oxygen atoms in total. The van der Waals surface area contributed by atoms with Crippen molar-refractivity contribution in [3.8, 4) is 11.5 Å². The Morgan fingerprint density at radius 3 is 2.59 bits per heavy atom. The standard InChI is InChI=1S/C18H25N3O/c1-2-3-4-5-14-6-8-15(9-7-14)17-20-18(22-21-17)16-10-12-19-13-11-16/h10-15H,2-9H2,1H3. The Hall–Kier alpha value is -1.71. The highest BCUT2D eigenvalue weighted by Crippen LogP contribution is 2.37. The average Bonchev–Trinajstić information content (AvgIpc) is 3.07. The normalized spacial score (nSPS) is 21.9. The van der Waals surface area contributed by atoms with Crippen molar-refractivity contribution < 1.29 is 4.52 Å². The van der Waals surface area contributed by atoms with Crippen LogP contribution in [0, 0.1) is 5.92 Å². The molecule has 0 unspecified atom stereocenters. The van der Waals surface area contributed by atoms with Gasteiger partial charge in [0.1, 0.15) is 0 Å². The maximum atomic E-state index is 5.42. The highest BCUT2D eigenvalue weighted by atomic mass is 16.5. The van der Waals surface area contributed by atoms with Gasteiger partial charge in [-0.2, -0.15) is 4.98 Å². The Morgan fingerprint density at radius 1 is 1.09 bits per heavy atom. The highest BCUT2D eigenvalue weighted by molar-refractivity contribution is 5.51. The number of pyridine rings is 1. The summed E-state index contributed by atoms with van der Waals surface area (Å²) in [6.45, 7) is 2.27. The summed E-state index contributed by atoms with van der Waals surface area (Å²) in [7, 11) is 0. The van der Waals surface area contributed by atoms with Crippen LogP contribution in [0.3, 0.4) is 0 Å². The third-order valence-corrected chi connectivity index (χ3v) is 4.80. The topological polar surface area (TPSA) is 51.8 Å². The molecule has 1 saturated carbocycles. The van der Waals surface area contributed by atoms with Gasteiger partial charge in [0.15, 0.2) is 5.82 Å². The molecule has 4 heteroatoms. The van der Waals surface area contributed by atoms with Gasteiger partial charge in [0.2, 0.25) is 0 Å². The fraction of sp³-hybridized carbons (Fsp3) is 0.611. The van der Waals surface area contributed by atoms with E-state index in [1.165, 1.54) is 51.4 Å². The zero-order chi connectivity index (χ0) is 15.2. The summed E-state index contributed by atoms with van der Waals surface area (Å²) in [6, 6.07) is 3.81. The summed E-state index contributed by atoms with van der Waals surface area (Å²) < 4.78 is 5.42. The minimum absolute atomic E-state index is 0.474. The quantitative estimate of drug-likeness (QED) is 0.705. The van der Waals surface area contributed by atoms with Crippen LogP contribution in [0.1, 0.15) is 70.0 Å². The van der Waals surface area contributed by atoms with Crippen molar-refractivity contribution in [1.29, 1.82) is 0 Å². The molecule has 3 rings (SSSR count). The van der Waals surface area contributed by atoms with E-state index in [4.69, 9.17) is 4.52 Å². The predicted octanol–water partition coefficient (Wildman–Crippen LogP) is 4.99. The SMILES string of the molecule is CCCCCC1CCC(c2noc(-c3ccncc3)n2)CC1. The second-order valence-corrected chi connectivity index (χ2v) is 6.41. The van der Waals surface area contributed by atoms with Crippen LogP contribution in [0.15, 0.2) is 29.0 Å². The van der Waals surface area contributed by atoms with Crippen LogP contribution < -0.4 is 0 Å². The average molecular weight is 299 g/mol. The molecule has 0 saturated heterocycles. The molecule has 2 aromatic rings. The Labute approximate surface area is 132 Å². The van der Waals surface area contributed by atoms with E-state index in [1.54, 1.807) is 12.4 Å². The molecular weight excluding hydrogens is 274 g/mol. The molecule has 0 amide bonds. The van der Waals surface area contributed by atoms with E-state index in [9.17, 15) is 0 Å². The van der Waals surface area contributed by atoms with E-state index >= 15 is 0 Å². The Bertz CT molecular complexity index is 559. The minimum Gasteiger partial charge on any atom is -0.334 e. The number of hydrogen-bond acceptors (Lipinski definition) is 4. The third kappa shape index (κ3) is 3.73. The first-order chi connectivity index (χ1) is 10.9. The fourth-order valence-electron chi connectivity index (χ4n) is 3.40. The summed E-state index contributed by atoms with van der Waals surface area (Å²) in [5.41, 5.74) is 0.946. The third-order valence-electron chi connectivity index (χ3n) is 4.80. The first kappa shape index (κ1) is 15.2. The molecule has 0 aliphatic heterocycles. The molecule has 0 atom stereocenters. The largest absolute Gasteiger partial charge is 0.334 e. The molecule has 0 radical (unpaired) electrons. The van der Waals surface area contributed by atoms with Gasteiger partial charge in [0.05, 0.1) is 0 Å². The van der Waals surface area contributed by atoms with E-state index in [2.05, 4.69) is 22.0 Å². The van der Waals surface area contributed by atoms with Crippen molar-refractivity contribution in [3.05, 3.63) is 30.4 Å². The smallest absolute Gasteiger partial charge is 0.258 e. The van der Waals surface area contributed by atoms with Gasteiger partial charge in [-0.25, -0.2) is 0 Å². The first-order valence-corrected chi connectivity index (χ1v) is 8.60. The van der Waals surface area contributed by atoms with Crippen molar-refractivity contribution >= 4 is 0 Å². The van der Waals surface area contributed by atoms with Crippen molar-refractivity contribution in [2.75, 3.05) is 0 Å². The van der Waals surface area contributed by atoms with Crippen molar-refractivity contribution in [1.82, 2.24) is 15.1 Å². The van der Waals surface area contributed by atoms with Gasteiger partial charge >= 0.3 is 0 Å². The lowest BCUT2D eigenvalue weighted by atomic mass is 9.79. The number of rotatable bonds is 6. The zero-order valence-corrected chi connectivity index (χ0v) is 13.4. The Morgan fingerprint density at radius 2 is 1.86 bits per heavy atom. The van der Waals surface area contributed by atoms with Gasteiger partial charge in [-0.3, -0.25) is 4.98 Å². The van der Waals surface area contributed by atoms with E-state index < -0.39 is 0 Å². The summed E-state index contributed by atoms with van der Waals surface area (Å²) in [5.74, 6) is 2.89. The fourth-order valence-corrected chi connectivity index (χ4v) is 3.40. The molecule has 1 fully saturated rings. The van der Waals surface area contributed by atoms with E-state index in [-0.39, 0.29) is 0 Å². The van der Waals surface area contributed by atoms with Crippen molar-refractivity contribution in [2.45, 2.75) is 64.2 Å². The molecule has 1 aliphatic rings. The van der Waals surface area contributed by atoms with Gasteiger partial charge in [0.25, 0.3) is 5.89 Å². The van der Waals surface area contributed by atoms with Gasteiger partial charge in [-0.15, -0.1) is 0 Å². The Kier molecular flexibility index (Phi) is 5.20. The Balaban J connectivity index is 1.55. The highest BCUT2D eigenvalue weighted by Gasteiger charge is 2.25. The zero-order valence-electron chi connectivity index (χ0n) is 13.4. The molecule has 0 spiro atoms. The molecule has 1 aliphatic carbocycles. The number of nitrogens with zero attached hydrogens (tertiary/aromatic N) is 3. The van der Waals surface area contributed by atoms with E-state index in [1.807, 2.05) is 12.1 Å². The molecule has 2 heterocycles. The maximum Gasteiger partial charge on any atom is 0.258 e. The van der Waals surface area contributed by atoms with Crippen LogP contribution in [0.5, 0.6) is 0 Å². The summed E-state index contributed by atoms with van der Waals surface area (Å²) >= 11 is 0. The van der Waals surface area contributed by atoms with E-state index in [0.29, 0.717) is 11.8 Å². The molecule has 118 valence electrons. The van der Waals surface area contributed by atoms with Crippen LogP contribution in [0.2, 0.25) is 0 Å². The lowest BCUT2D eigenvalue weighted by Crippen LogP contribution is -2.14. The van der Waals surface area contributed by atoms with Crippen LogP contribution in [0.4, 0.5) is 0 Å². The number of unbranched alkanes of at least 4 members (excludes halogenated alkanes) is 2. The van der Waals surface area contributed by atoms with Crippen LogP contribution in [-0.2, 0) is 0 Å². The van der Waals surface area contributed by atoms with Crippen LogP contribution in [-0.4, -0.2) is 15.1 Å². The lowest BCUT2D eigenvalue weighted by molar-refractivity contribution is 0.292. The molecular formula is C18H25N3O. The second-order valence-electron chi connectivity index (χ2n) is 6.41. The van der Waals surface area contributed by atoms with Crippen molar-refractivity contribution in [3.63, 3.8) is 0 Å². The van der Waals surface area contributed by atoms with Crippen LogP contribution >= 0.6 is 0 Å². The first-order valence-electron chi connectivity index (χ1n) is 8.60. The van der Waals surface area contributed by atoms with E-state index in [0.717, 1.165) is 17.3 Å². The molecule has 2 aromatic heterocycles. The molecule has 0 aromatic carbocycles. The lowest BCUT2D eigenvalue weighted by Gasteiger charge is -2.26. The monoisotopic (exact) mass is 299 g/mol. The molecule has 22 heavy (non-hydrogen) atoms. The number of aromatic nitrogens is 3. The minimum atomic E-state index is 0.474.